The van der Waals surface area contributed by atoms with Crippen molar-refractivity contribution in [1.29, 1.82) is 0 Å². The first-order valence-electron chi connectivity index (χ1n) is 3.61. The molecule has 0 heterocycles. The number of carboxylic acid groups (broad SMARTS) is 2. The average molecular weight is 239 g/mol. The number of aliphatic carboxylic acids is 2. The molecule has 0 saturated carbocycles. The zero-order valence-corrected chi connectivity index (χ0v) is 8.30. The van der Waals surface area contributed by atoms with Crippen LogP contribution in [0, 0.1) is 0 Å². The molecule has 0 aromatic carbocycles. The number of halogens is 1. The molecule has 0 aliphatic carbocycles. The van der Waals surface area contributed by atoms with E-state index in [-0.39, 0.29) is 6.42 Å². The highest BCUT2D eigenvalue weighted by Crippen LogP contribution is 2.25. The lowest BCUT2D eigenvalue weighted by Crippen LogP contribution is -2.40. The van der Waals surface area contributed by atoms with Crippen molar-refractivity contribution in [3.05, 3.63) is 0 Å². The van der Waals surface area contributed by atoms with E-state index in [2.05, 4.69) is 15.9 Å². The van der Waals surface area contributed by atoms with Crippen LogP contribution in [0.25, 0.3) is 0 Å². The van der Waals surface area contributed by atoms with Crippen LogP contribution < -0.4 is 0 Å². The van der Waals surface area contributed by atoms with E-state index in [4.69, 9.17) is 10.2 Å². The maximum atomic E-state index is 10.5. The Morgan fingerprint density at radius 1 is 1.33 bits per heavy atom. The van der Waals surface area contributed by atoms with Crippen molar-refractivity contribution in [2.75, 3.05) is 0 Å². The van der Waals surface area contributed by atoms with Crippen LogP contribution >= 0.6 is 15.9 Å². The fourth-order valence-electron chi connectivity index (χ4n) is 0.726. The van der Waals surface area contributed by atoms with Crippen LogP contribution in [0.2, 0.25) is 0 Å². The van der Waals surface area contributed by atoms with Crippen LogP contribution in [0.5, 0.6) is 0 Å². The van der Waals surface area contributed by atoms with Crippen LogP contribution in [0.3, 0.4) is 0 Å². The average Bonchev–Trinajstić information content (AvgIpc) is 1.99. The van der Waals surface area contributed by atoms with E-state index in [0.717, 1.165) is 6.42 Å². The second kappa shape index (κ2) is 4.45. The van der Waals surface area contributed by atoms with Gasteiger partial charge in [0, 0.05) is 0 Å². The number of hydrogen-bond acceptors (Lipinski definition) is 2. The molecule has 5 heteroatoms. The Morgan fingerprint density at radius 2 is 1.75 bits per heavy atom. The van der Waals surface area contributed by atoms with Crippen LogP contribution in [-0.2, 0) is 9.59 Å². The first-order valence-corrected chi connectivity index (χ1v) is 4.40. The number of carbonyl (C=O) groups is 2. The van der Waals surface area contributed by atoms with Gasteiger partial charge in [0.15, 0.2) is 0 Å². The third-order valence-electron chi connectivity index (χ3n) is 1.55. The van der Waals surface area contributed by atoms with E-state index in [1.165, 1.54) is 0 Å². The monoisotopic (exact) mass is 238 g/mol. The fraction of sp³-hybridized carbons (Fsp3) is 0.714. The summed E-state index contributed by atoms with van der Waals surface area (Å²) in [4.78, 5) is 21.1. The Bertz CT molecular complexity index is 176. The molecule has 4 nitrogen and oxygen atoms in total. The molecule has 0 saturated heterocycles. The minimum Gasteiger partial charge on any atom is -0.480 e. The first-order chi connectivity index (χ1) is 5.45. The summed E-state index contributed by atoms with van der Waals surface area (Å²) in [7, 11) is 0. The summed E-state index contributed by atoms with van der Waals surface area (Å²) in [5, 5.41) is 17.2. The molecule has 0 aliphatic rings. The standard InChI is InChI=1S/C7H11BrO4/c1-2-3-4-7(8,5(9)10)6(11)12/h2-4H2,1H3,(H,9,10)(H,11,12). The maximum Gasteiger partial charge on any atom is 0.332 e. The van der Waals surface area contributed by atoms with Crippen molar-refractivity contribution in [2.24, 2.45) is 0 Å². The highest BCUT2D eigenvalue weighted by Gasteiger charge is 2.43. The largest absolute Gasteiger partial charge is 0.480 e. The molecule has 0 bridgehead atoms. The topological polar surface area (TPSA) is 74.6 Å². The van der Waals surface area contributed by atoms with Crippen molar-refractivity contribution >= 4 is 27.9 Å². The number of hydrogen-bond donors (Lipinski definition) is 2. The summed E-state index contributed by atoms with van der Waals surface area (Å²) in [6.45, 7) is 1.87. The molecule has 12 heavy (non-hydrogen) atoms. The molecule has 0 unspecified atom stereocenters. The summed E-state index contributed by atoms with van der Waals surface area (Å²) in [6.07, 6.45) is 1.45. The van der Waals surface area contributed by atoms with E-state index in [1.807, 2.05) is 6.92 Å². The summed E-state index contributed by atoms with van der Waals surface area (Å²) in [6, 6.07) is 0. The normalized spacial score (nSPS) is 11.2. The van der Waals surface area contributed by atoms with Gasteiger partial charge in [0.2, 0.25) is 4.32 Å². The molecule has 0 aromatic rings. The fourth-order valence-corrected chi connectivity index (χ4v) is 1.01. The van der Waals surface area contributed by atoms with Gasteiger partial charge < -0.3 is 10.2 Å². The summed E-state index contributed by atoms with van der Waals surface area (Å²) in [5.41, 5.74) is 0. The van der Waals surface area contributed by atoms with E-state index >= 15 is 0 Å². The number of unbranched alkanes of at least 4 members (excludes halogenated alkanes) is 1. The smallest absolute Gasteiger partial charge is 0.332 e. The lowest BCUT2D eigenvalue weighted by Gasteiger charge is -2.16. The van der Waals surface area contributed by atoms with Crippen LogP contribution in [0.4, 0.5) is 0 Å². The molecule has 0 rings (SSSR count). The second-order valence-electron chi connectivity index (χ2n) is 2.52. The molecular formula is C7H11BrO4. The Labute approximate surface area is 78.7 Å². The predicted octanol–water partition coefficient (Wildman–Crippen LogP) is 1.48. The van der Waals surface area contributed by atoms with Crippen molar-refractivity contribution < 1.29 is 19.8 Å². The maximum absolute atomic E-state index is 10.5. The molecule has 0 spiro atoms. The molecule has 0 radical (unpaired) electrons. The van der Waals surface area contributed by atoms with E-state index in [1.54, 1.807) is 0 Å². The van der Waals surface area contributed by atoms with Crippen LogP contribution in [0.1, 0.15) is 26.2 Å². The third kappa shape index (κ3) is 2.48. The summed E-state index contributed by atoms with van der Waals surface area (Å²) >= 11 is 2.72. The molecular weight excluding hydrogens is 228 g/mol. The van der Waals surface area contributed by atoms with Gasteiger partial charge in [-0.1, -0.05) is 35.7 Å². The van der Waals surface area contributed by atoms with E-state index in [0.29, 0.717) is 6.42 Å². The molecule has 0 aliphatic heterocycles. The Morgan fingerprint density at radius 3 is 2.00 bits per heavy atom. The van der Waals surface area contributed by atoms with Gasteiger partial charge in [-0.05, 0) is 6.42 Å². The van der Waals surface area contributed by atoms with Gasteiger partial charge in [-0.25, -0.2) is 0 Å². The van der Waals surface area contributed by atoms with Crippen molar-refractivity contribution in [3.8, 4) is 0 Å². The van der Waals surface area contributed by atoms with Crippen molar-refractivity contribution in [2.45, 2.75) is 30.5 Å². The number of carboxylic acids is 2. The molecule has 70 valence electrons. The first kappa shape index (κ1) is 11.4. The predicted molar refractivity (Wildman–Crippen MR) is 46.5 cm³/mol. The third-order valence-corrected chi connectivity index (χ3v) is 2.63. The lowest BCUT2D eigenvalue weighted by molar-refractivity contribution is -0.151. The summed E-state index contributed by atoms with van der Waals surface area (Å²) in [5.74, 6) is -2.69. The highest BCUT2D eigenvalue weighted by atomic mass is 79.9. The molecule has 0 amide bonds. The molecule has 0 atom stereocenters. The minimum absolute atomic E-state index is 0.105. The SMILES string of the molecule is CCCCC(Br)(C(=O)O)C(=O)O. The Balaban J connectivity index is 4.40. The molecule has 0 aromatic heterocycles. The van der Waals surface area contributed by atoms with Crippen molar-refractivity contribution in [3.63, 3.8) is 0 Å². The second-order valence-corrected chi connectivity index (χ2v) is 3.87. The zero-order valence-electron chi connectivity index (χ0n) is 6.71. The quantitative estimate of drug-likeness (QED) is 0.562. The van der Waals surface area contributed by atoms with Crippen LogP contribution in [0.15, 0.2) is 0 Å². The number of rotatable bonds is 5. The Kier molecular flexibility index (Phi) is 4.23. The van der Waals surface area contributed by atoms with E-state index in [9.17, 15) is 9.59 Å². The van der Waals surface area contributed by atoms with Gasteiger partial charge >= 0.3 is 11.9 Å². The van der Waals surface area contributed by atoms with Gasteiger partial charge in [-0.2, -0.15) is 0 Å². The lowest BCUT2D eigenvalue weighted by atomic mass is 10.0. The summed E-state index contributed by atoms with van der Waals surface area (Å²) < 4.78 is -1.80. The number of alkyl halides is 1. The Hall–Kier alpha value is -0.580. The highest BCUT2D eigenvalue weighted by molar-refractivity contribution is 9.10. The van der Waals surface area contributed by atoms with E-state index < -0.39 is 16.3 Å². The van der Waals surface area contributed by atoms with Gasteiger partial charge in [0.05, 0.1) is 0 Å². The van der Waals surface area contributed by atoms with Gasteiger partial charge in [0.25, 0.3) is 0 Å². The zero-order chi connectivity index (χ0) is 9.78. The van der Waals surface area contributed by atoms with Crippen molar-refractivity contribution in [1.82, 2.24) is 0 Å². The van der Waals surface area contributed by atoms with Gasteiger partial charge in [-0.3, -0.25) is 9.59 Å². The minimum atomic E-state index is -1.80. The van der Waals surface area contributed by atoms with Gasteiger partial charge in [-0.15, -0.1) is 0 Å². The van der Waals surface area contributed by atoms with Gasteiger partial charge in [0.1, 0.15) is 0 Å². The molecule has 0 fully saturated rings. The molecule has 2 N–H and O–H groups in total. The van der Waals surface area contributed by atoms with Crippen LogP contribution in [-0.4, -0.2) is 26.5 Å².